The molecule has 0 saturated heterocycles. The molecule has 128 valence electrons. The fourth-order valence-corrected chi connectivity index (χ4v) is 2.75. The number of hydrogen-bond acceptors (Lipinski definition) is 5. The third-order valence-electron chi connectivity index (χ3n) is 3.11. The second-order valence-corrected chi connectivity index (χ2v) is 6.03. The van der Waals surface area contributed by atoms with E-state index in [9.17, 15) is 14.7 Å². The molecular weight excluding hydrogens is 336 g/mol. The molecular formula is C20H18O4S. The van der Waals surface area contributed by atoms with Crippen molar-refractivity contribution in [2.24, 2.45) is 0 Å². The fourth-order valence-electron chi connectivity index (χ4n) is 1.93. The maximum absolute atomic E-state index is 12.1. The van der Waals surface area contributed by atoms with Crippen LogP contribution in [0.5, 0.6) is 0 Å². The summed E-state index contributed by atoms with van der Waals surface area (Å²) in [6, 6.07) is 17.7. The van der Waals surface area contributed by atoms with Gasteiger partial charge in [0.15, 0.2) is 5.76 Å². The summed E-state index contributed by atoms with van der Waals surface area (Å²) in [6.07, 6.45) is 2.61. The first-order valence-electron chi connectivity index (χ1n) is 7.72. The van der Waals surface area contributed by atoms with Crippen molar-refractivity contribution in [1.29, 1.82) is 0 Å². The molecule has 0 aromatic heterocycles. The van der Waals surface area contributed by atoms with Crippen LogP contribution < -0.4 is 0 Å². The summed E-state index contributed by atoms with van der Waals surface area (Å²) in [5, 5.41) is 10.0. The Kier molecular flexibility index (Phi) is 7.04. The number of aliphatic hydroxyl groups is 1. The minimum absolute atomic E-state index is 0.240. The molecule has 0 radical (unpaired) electrons. The molecule has 0 atom stereocenters. The molecule has 0 aliphatic rings. The summed E-state index contributed by atoms with van der Waals surface area (Å²) in [5.74, 6) is -1.46. The van der Waals surface area contributed by atoms with Gasteiger partial charge in [0.1, 0.15) is 0 Å². The molecule has 0 heterocycles. The van der Waals surface area contributed by atoms with Crippen molar-refractivity contribution in [3.63, 3.8) is 0 Å². The van der Waals surface area contributed by atoms with E-state index < -0.39 is 17.5 Å². The number of thioether (sulfide) groups is 1. The van der Waals surface area contributed by atoms with Gasteiger partial charge in [-0.1, -0.05) is 60.3 Å². The molecule has 4 nitrogen and oxygen atoms in total. The third kappa shape index (κ3) is 5.65. The Labute approximate surface area is 150 Å². The highest BCUT2D eigenvalue weighted by atomic mass is 32.2. The maximum Gasteiger partial charge on any atom is 0.344 e. The molecule has 5 heteroatoms. The van der Waals surface area contributed by atoms with Crippen LogP contribution in [-0.2, 0) is 9.53 Å². The Bertz CT molecular complexity index is 780. The molecule has 0 spiro atoms. The second-order valence-electron chi connectivity index (χ2n) is 4.91. The number of carbonyl (C=O) groups is 2. The van der Waals surface area contributed by atoms with Gasteiger partial charge in [-0.25, -0.2) is 4.79 Å². The lowest BCUT2D eigenvalue weighted by Crippen LogP contribution is -2.06. The summed E-state index contributed by atoms with van der Waals surface area (Å²) in [5.41, 5.74) is 0.373. The number of benzene rings is 2. The van der Waals surface area contributed by atoms with Crippen molar-refractivity contribution in [1.82, 2.24) is 0 Å². The number of ketones is 1. The number of hydrogen-bond donors (Lipinski definition) is 1. The van der Waals surface area contributed by atoms with E-state index in [0.29, 0.717) is 5.56 Å². The maximum atomic E-state index is 12.1. The standard InChI is InChI=1S/C20H18O4S/c1-2-24-20(23)18(25-16-11-7-4-8-12-16)14-13-17(21)19(22)15-9-5-3-6-10-15/h3-14,21H,2H2,1H3/b17-13-,18-14+. The van der Waals surface area contributed by atoms with Gasteiger partial charge >= 0.3 is 5.97 Å². The monoisotopic (exact) mass is 354 g/mol. The molecule has 25 heavy (non-hydrogen) atoms. The normalized spacial score (nSPS) is 11.9. The van der Waals surface area contributed by atoms with E-state index in [2.05, 4.69) is 0 Å². The Morgan fingerprint density at radius 1 is 1.00 bits per heavy atom. The van der Waals surface area contributed by atoms with Crippen LogP contribution in [0.3, 0.4) is 0 Å². The van der Waals surface area contributed by atoms with Crippen LogP contribution in [-0.4, -0.2) is 23.5 Å². The minimum Gasteiger partial charge on any atom is -0.504 e. The lowest BCUT2D eigenvalue weighted by molar-refractivity contribution is -0.137. The summed E-state index contributed by atoms with van der Waals surface area (Å²) >= 11 is 1.21. The first-order chi connectivity index (χ1) is 12.1. The SMILES string of the molecule is CCOC(=O)/C(=C\C=C(/O)C(=O)c1ccccc1)Sc1ccccc1. The van der Waals surface area contributed by atoms with Crippen LogP contribution in [0.15, 0.2) is 88.4 Å². The Balaban J connectivity index is 2.23. The van der Waals surface area contributed by atoms with Crippen LogP contribution in [0.2, 0.25) is 0 Å². The van der Waals surface area contributed by atoms with Gasteiger partial charge < -0.3 is 9.84 Å². The smallest absolute Gasteiger partial charge is 0.344 e. The van der Waals surface area contributed by atoms with Crippen LogP contribution >= 0.6 is 11.8 Å². The molecule has 0 aliphatic heterocycles. The number of carbonyl (C=O) groups excluding carboxylic acids is 2. The lowest BCUT2D eigenvalue weighted by atomic mass is 10.1. The van der Waals surface area contributed by atoms with Gasteiger partial charge in [0.05, 0.1) is 11.5 Å². The summed E-state index contributed by atoms with van der Waals surface area (Å²) < 4.78 is 5.03. The van der Waals surface area contributed by atoms with Gasteiger partial charge in [-0.05, 0) is 31.2 Å². The summed E-state index contributed by atoms with van der Waals surface area (Å²) in [4.78, 5) is 25.4. The largest absolute Gasteiger partial charge is 0.504 e. The number of Topliss-reactive ketones (excluding diaryl/α,β-unsaturated/α-hetero) is 1. The first kappa shape index (κ1) is 18.5. The van der Waals surface area contributed by atoms with E-state index in [4.69, 9.17) is 4.74 Å². The topological polar surface area (TPSA) is 63.6 Å². The van der Waals surface area contributed by atoms with E-state index in [1.807, 2.05) is 30.3 Å². The van der Waals surface area contributed by atoms with E-state index in [0.717, 1.165) is 4.90 Å². The van der Waals surface area contributed by atoms with Gasteiger partial charge in [0.2, 0.25) is 5.78 Å². The molecule has 0 amide bonds. The number of aliphatic hydroxyl groups excluding tert-OH is 1. The highest BCUT2D eigenvalue weighted by Gasteiger charge is 2.14. The Morgan fingerprint density at radius 2 is 1.60 bits per heavy atom. The highest BCUT2D eigenvalue weighted by molar-refractivity contribution is 8.04. The van der Waals surface area contributed by atoms with E-state index in [-0.39, 0.29) is 11.5 Å². The molecule has 0 aliphatic carbocycles. The lowest BCUT2D eigenvalue weighted by Gasteiger charge is -2.06. The highest BCUT2D eigenvalue weighted by Crippen LogP contribution is 2.27. The summed E-state index contributed by atoms with van der Waals surface area (Å²) in [7, 11) is 0. The van der Waals surface area contributed by atoms with Crippen molar-refractivity contribution in [3.8, 4) is 0 Å². The zero-order valence-electron chi connectivity index (χ0n) is 13.7. The van der Waals surface area contributed by atoms with Crippen molar-refractivity contribution >= 4 is 23.5 Å². The number of allylic oxidation sites excluding steroid dienone is 3. The summed E-state index contributed by atoms with van der Waals surface area (Å²) in [6.45, 7) is 1.96. The number of esters is 1. The molecule has 0 unspecified atom stereocenters. The van der Waals surface area contributed by atoms with Gasteiger partial charge in [-0.15, -0.1) is 0 Å². The Hall–Kier alpha value is -2.79. The minimum atomic E-state index is -0.509. The molecule has 2 rings (SSSR count). The predicted octanol–water partition coefficient (Wildman–Crippen LogP) is 4.55. The van der Waals surface area contributed by atoms with Crippen LogP contribution in [0.4, 0.5) is 0 Å². The van der Waals surface area contributed by atoms with Crippen molar-refractivity contribution in [2.45, 2.75) is 11.8 Å². The zero-order chi connectivity index (χ0) is 18.1. The van der Waals surface area contributed by atoms with Crippen molar-refractivity contribution in [2.75, 3.05) is 6.61 Å². The molecule has 1 N–H and O–H groups in total. The average molecular weight is 354 g/mol. The third-order valence-corrected chi connectivity index (χ3v) is 4.14. The van der Waals surface area contributed by atoms with Gasteiger partial charge in [0, 0.05) is 10.5 Å². The average Bonchev–Trinajstić information content (AvgIpc) is 2.66. The fraction of sp³-hybridized carbons (Fsp3) is 0.100. The number of ether oxygens (including phenoxy) is 1. The van der Waals surface area contributed by atoms with Crippen molar-refractivity contribution in [3.05, 3.63) is 89.0 Å². The van der Waals surface area contributed by atoms with Crippen LogP contribution in [0.25, 0.3) is 0 Å². The molecule has 0 fully saturated rings. The van der Waals surface area contributed by atoms with E-state index >= 15 is 0 Å². The van der Waals surface area contributed by atoms with Gasteiger partial charge in [-0.3, -0.25) is 4.79 Å². The molecule has 0 saturated carbocycles. The molecule has 2 aromatic carbocycles. The second kappa shape index (κ2) is 9.49. The van der Waals surface area contributed by atoms with Crippen molar-refractivity contribution < 1.29 is 19.4 Å². The predicted molar refractivity (Wildman–Crippen MR) is 98.5 cm³/mol. The van der Waals surface area contributed by atoms with Crippen LogP contribution in [0.1, 0.15) is 17.3 Å². The van der Waals surface area contributed by atoms with E-state index in [1.165, 1.54) is 23.9 Å². The zero-order valence-corrected chi connectivity index (χ0v) is 14.5. The van der Waals surface area contributed by atoms with Crippen LogP contribution in [0, 0.1) is 0 Å². The quantitative estimate of drug-likeness (QED) is 0.197. The van der Waals surface area contributed by atoms with Gasteiger partial charge in [0.25, 0.3) is 0 Å². The molecule has 2 aromatic rings. The Morgan fingerprint density at radius 3 is 2.20 bits per heavy atom. The van der Waals surface area contributed by atoms with E-state index in [1.54, 1.807) is 37.3 Å². The van der Waals surface area contributed by atoms with Gasteiger partial charge in [-0.2, -0.15) is 0 Å². The number of rotatable bonds is 7. The molecule has 0 bridgehead atoms. The first-order valence-corrected chi connectivity index (χ1v) is 8.54.